The fourth-order valence-corrected chi connectivity index (χ4v) is 2.64. The highest BCUT2D eigenvalue weighted by Gasteiger charge is 2.07. The molecule has 2 aromatic rings. The standard InChI is InChI=1S/C10H8Cl2N4OS/c11-7-2-1-6(8(12)3-7)5-18-10-15-14-4-9(17)16(10)13/h1-4H,5,13H2. The highest BCUT2D eigenvalue weighted by atomic mass is 35.5. The molecule has 2 rings (SSSR count). The second-order valence-electron chi connectivity index (χ2n) is 3.36. The third-order valence-electron chi connectivity index (χ3n) is 2.13. The van der Waals surface area contributed by atoms with Gasteiger partial charge in [-0.1, -0.05) is 41.0 Å². The van der Waals surface area contributed by atoms with Crippen LogP contribution in [0.3, 0.4) is 0 Å². The molecular formula is C10H8Cl2N4OS. The van der Waals surface area contributed by atoms with Crippen molar-refractivity contribution in [3.05, 3.63) is 50.4 Å². The number of thioether (sulfide) groups is 1. The minimum Gasteiger partial charge on any atom is -0.334 e. The molecule has 8 heteroatoms. The third-order valence-corrected chi connectivity index (χ3v) is 3.71. The fraction of sp³-hybridized carbons (Fsp3) is 0.100. The molecular weight excluding hydrogens is 295 g/mol. The summed E-state index contributed by atoms with van der Waals surface area (Å²) in [5.41, 5.74) is 0.471. The minimum absolute atomic E-state index is 0.327. The van der Waals surface area contributed by atoms with Crippen molar-refractivity contribution in [2.24, 2.45) is 0 Å². The summed E-state index contributed by atoms with van der Waals surface area (Å²) in [5, 5.41) is 8.80. The zero-order valence-corrected chi connectivity index (χ0v) is 11.3. The molecule has 1 aromatic heterocycles. The molecule has 0 aliphatic rings. The molecule has 0 amide bonds. The third kappa shape index (κ3) is 2.95. The van der Waals surface area contributed by atoms with Gasteiger partial charge in [-0.05, 0) is 17.7 Å². The van der Waals surface area contributed by atoms with Gasteiger partial charge in [0.2, 0.25) is 5.16 Å². The van der Waals surface area contributed by atoms with E-state index < -0.39 is 5.56 Å². The van der Waals surface area contributed by atoms with E-state index >= 15 is 0 Å². The van der Waals surface area contributed by atoms with Gasteiger partial charge in [0, 0.05) is 15.8 Å². The second-order valence-corrected chi connectivity index (χ2v) is 5.15. The van der Waals surface area contributed by atoms with Gasteiger partial charge < -0.3 is 5.84 Å². The molecule has 0 aliphatic heterocycles. The molecule has 0 atom stereocenters. The molecule has 0 saturated carbocycles. The van der Waals surface area contributed by atoms with Crippen molar-refractivity contribution < 1.29 is 0 Å². The van der Waals surface area contributed by atoms with Gasteiger partial charge >= 0.3 is 0 Å². The Hall–Kier alpha value is -1.24. The van der Waals surface area contributed by atoms with E-state index in [0.717, 1.165) is 16.4 Å². The van der Waals surface area contributed by atoms with Gasteiger partial charge in [0.25, 0.3) is 5.56 Å². The first kappa shape index (κ1) is 13.2. The predicted molar refractivity (Wildman–Crippen MR) is 72.5 cm³/mol. The second kappa shape index (κ2) is 5.60. The van der Waals surface area contributed by atoms with E-state index in [-0.39, 0.29) is 0 Å². The number of hydrogen-bond donors (Lipinski definition) is 1. The lowest BCUT2D eigenvalue weighted by Gasteiger charge is -2.06. The average Bonchev–Trinajstić information content (AvgIpc) is 2.33. The van der Waals surface area contributed by atoms with Crippen molar-refractivity contribution >= 4 is 35.0 Å². The molecule has 18 heavy (non-hydrogen) atoms. The summed E-state index contributed by atoms with van der Waals surface area (Å²) in [7, 11) is 0. The van der Waals surface area contributed by atoms with Crippen molar-refractivity contribution in [1.29, 1.82) is 0 Å². The van der Waals surface area contributed by atoms with Gasteiger partial charge in [-0.2, -0.15) is 9.77 Å². The van der Waals surface area contributed by atoms with E-state index in [0.29, 0.717) is 21.0 Å². The van der Waals surface area contributed by atoms with Crippen molar-refractivity contribution in [2.75, 3.05) is 5.84 Å². The number of rotatable bonds is 3. The van der Waals surface area contributed by atoms with Gasteiger partial charge in [-0.25, -0.2) is 0 Å². The van der Waals surface area contributed by atoms with Gasteiger partial charge in [0.05, 0.1) is 0 Å². The van der Waals surface area contributed by atoms with Crippen LogP contribution in [-0.4, -0.2) is 14.9 Å². The summed E-state index contributed by atoms with van der Waals surface area (Å²) in [5.74, 6) is 6.05. The number of nitrogen functional groups attached to an aromatic ring is 1. The molecule has 0 fully saturated rings. The maximum atomic E-state index is 11.2. The number of hydrogen-bond acceptors (Lipinski definition) is 5. The summed E-state index contributed by atoms with van der Waals surface area (Å²) >= 11 is 13.1. The first-order chi connectivity index (χ1) is 8.58. The molecule has 0 saturated heterocycles. The molecule has 0 unspecified atom stereocenters. The first-order valence-corrected chi connectivity index (χ1v) is 6.58. The largest absolute Gasteiger partial charge is 0.334 e. The van der Waals surface area contributed by atoms with Crippen LogP contribution in [0.15, 0.2) is 34.3 Å². The SMILES string of the molecule is Nn1c(SCc2ccc(Cl)cc2Cl)nncc1=O. The van der Waals surface area contributed by atoms with E-state index in [2.05, 4.69) is 10.2 Å². The van der Waals surface area contributed by atoms with Crippen LogP contribution in [-0.2, 0) is 5.75 Å². The quantitative estimate of drug-likeness (QED) is 0.693. The van der Waals surface area contributed by atoms with Crippen molar-refractivity contribution in [2.45, 2.75) is 10.9 Å². The van der Waals surface area contributed by atoms with Gasteiger partial charge in [0.1, 0.15) is 6.20 Å². The van der Waals surface area contributed by atoms with Crippen molar-refractivity contribution in [3.8, 4) is 0 Å². The number of nitrogens with two attached hydrogens (primary N) is 1. The lowest BCUT2D eigenvalue weighted by Crippen LogP contribution is -2.29. The van der Waals surface area contributed by atoms with E-state index in [1.54, 1.807) is 12.1 Å². The number of halogens is 2. The Morgan fingerprint density at radius 2 is 2.17 bits per heavy atom. The van der Waals surface area contributed by atoms with Crippen molar-refractivity contribution in [3.63, 3.8) is 0 Å². The number of nitrogens with zero attached hydrogens (tertiary/aromatic N) is 3. The van der Waals surface area contributed by atoms with E-state index in [1.807, 2.05) is 6.07 Å². The molecule has 0 bridgehead atoms. The van der Waals surface area contributed by atoms with Gasteiger partial charge in [-0.15, -0.1) is 5.10 Å². The predicted octanol–water partition coefficient (Wildman–Crippen LogP) is 1.95. The minimum atomic E-state index is -0.408. The van der Waals surface area contributed by atoms with Crippen LogP contribution in [0.2, 0.25) is 10.0 Å². The highest BCUT2D eigenvalue weighted by Crippen LogP contribution is 2.26. The van der Waals surface area contributed by atoms with Gasteiger partial charge in [0.15, 0.2) is 0 Å². The zero-order valence-electron chi connectivity index (χ0n) is 9.01. The van der Waals surface area contributed by atoms with Crippen LogP contribution in [0.4, 0.5) is 0 Å². The molecule has 5 nitrogen and oxygen atoms in total. The summed E-state index contributed by atoms with van der Waals surface area (Å²) in [6.45, 7) is 0. The molecule has 1 heterocycles. The smallest absolute Gasteiger partial charge is 0.291 e. The molecule has 0 spiro atoms. The fourth-order valence-electron chi connectivity index (χ4n) is 1.21. The first-order valence-electron chi connectivity index (χ1n) is 4.84. The molecule has 94 valence electrons. The Balaban J connectivity index is 2.16. The Labute approximate surface area is 117 Å². The lowest BCUT2D eigenvalue weighted by molar-refractivity contribution is 0.698. The number of aromatic nitrogens is 3. The summed E-state index contributed by atoms with van der Waals surface area (Å²) in [6, 6.07) is 5.22. The summed E-state index contributed by atoms with van der Waals surface area (Å²) in [4.78, 5) is 11.2. The Morgan fingerprint density at radius 3 is 2.89 bits per heavy atom. The van der Waals surface area contributed by atoms with Crippen LogP contribution >= 0.6 is 35.0 Å². The normalized spacial score (nSPS) is 10.6. The van der Waals surface area contributed by atoms with Crippen LogP contribution < -0.4 is 11.4 Å². The maximum absolute atomic E-state index is 11.2. The monoisotopic (exact) mass is 302 g/mol. The highest BCUT2D eigenvalue weighted by molar-refractivity contribution is 7.98. The molecule has 0 aliphatic carbocycles. The summed E-state index contributed by atoms with van der Waals surface area (Å²) in [6.07, 6.45) is 1.05. The van der Waals surface area contributed by atoms with E-state index in [9.17, 15) is 4.79 Å². The summed E-state index contributed by atoms with van der Waals surface area (Å²) < 4.78 is 0.946. The molecule has 1 aromatic carbocycles. The van der Waals surface area contributed by atoms with Crippen LogP contribution in [0, 0.1) is 0 Å². The molecule has 0 radical (unpaired) electrons. The Bertz CT molecular complexity index is 632. The van der Waals surface area contributed by atoms with E-state index in [1.165, 1.54) is 11.8 Å². The Kier molecular flexibility index (Phi) is 4.11. The van der Waals surface area contributed by atoms with Crippen molar-refractivity contribution in [1.82, 2.24) is 14.9 Å². The van der Waals surface area contributed by atoms with Crippen LogP contribution in [0.5, 0.6) is 0 Å². The van der Waals surface area contributed by atoms with Gasteiger partial charge in [-0.3, -0.25) is 4.79 Å². The number of benzene rings is 1. The topological polar surface area (TPSA) is 73.8 Å². The zero-order chi connectivity index (χ0) is 13.1. The maximum Gasteiger partial charge on any atom is 0.291 e. The Morgan fingerprint density at radius 1 is 1.39 bits per heavy atom. The van der Waals surface area contributed by atoms with Crippen LogP contribution in [0.1, 0.15) is 5.56 Å². The molecule has 2 N–H and O–H groups in total. The van der Waals surface area contributed by atoms with E-state index in [4.69, 9.17) is 29.0 Å². The average molecular weight is 303 g/mol. The van der Waals surface area contributed by atoms with Crippen LogP contribution in [0.25, 0.3) is 0 Å². The lowest BCUT2D eigenvalue weighted by atomic mass is 10.2.